The lowest BCUT2D eigenvalue weighted by molar-refractivity contribution is 0.0588. The van der Waals surface area contributed by atoms with Crippen molar-refractivity contribution in [1.82, 2.24) is 9.36 Å². The summed E-state index contributed by atoms with van der Waals surface area (Å²) in [5.74, 6) is -0.555. The van der Waals surface area contributed by atoms with Crippen LogP contribution in [-0.4, -0.2) is 22.4 Å². The second kappa shape index (κ2) is 2.94. The minimum Gasteiger partial charge on any atom is -0.463 e. The highest BCUT2D eigenvalue weighted by molar-refractivity contribution is 7.10. The van der Waals surface area contributed by atoms with Crippen LogP contribution in [-0.2, 0) is 4.74 Å². The minimum absolute atomic E-state index is 0.0116. The molecule has 0 aromatic carbocycles. The molecule has 0 aliphatic carbocycles. The second-order valence-electron chi connectivity index (χ2n) is 1.36. The van der Waals surface area contributed by atoms with Crippen molar-refractivity contribution in [3.63, 3.8) is 0 Å². The van der Waals surface area contributed by atoms with E-state index in [2.05, 4.69) is 14.1 Å². The van der Waals surface area contributed by atoms with Crippen LogP contribution in [0, 0.1) is 0 Å². The van der Waals surface area contributed by atoms with E-state index in [0.717, 1.165) is 11.5 Å². The Kier molecular flexibility index (Phi) is 2.18. The molecule has 1 heterocycles. The molecule has 0 spiro atoms. The van der Waals surface area contributed by atoms with E-state index in [1.807, 2.05) is 0 Å². The number of methoxy groups -OCH3 is 1. The molecule has 0 bridgehead atoms. The van der Waals surface area contributed by atoms with Crippen molar-refractivity contribution >= 4 is 29.1 Å². The topological polar surface area (TPSA) is 52.1 Å². The summed E-state index contributed by atoms with van der Waals surface area (Å²) < 4.78 is 8.18. The van der Waals surface area contributed by atoms with Crippen LogP contribution in [0.2, 0.25) is 4.47 Å². The van der Waals surface area contributed by atoms with E-state index in [-0.39, 0.29) is 10.3 Å². The highest BCUT2D eigenvalue weighted by Gasteiger charge is 2.10. The molecule has 0 saturated carbocycles. The molecule has 0 atom stereocenters. The van der Waals surface area contributed by atoms with Gasteiger partial charge in [-0.05, 0) is 23.1 Å². The van der Waals surface area contributed by atoms with Crippen molar-refractivity contribution in [2.75, 3.05) is 7.11 Å². The smallest absolute Gasteiger partial charge is 0.377 e. The van der Waals surface area contributed by atoms with Crippen LogP contribution in [0.4, 0.5) is 0 Å². The fraction of sp³-hybridized carbons (Fsp3) is 0.250. The molecule has 0 radical (unpaired) electrons. The van der Waals surface area contributed by atoms with Crippen LogP contribution in [0.5, 0.6) is 0 Å². The highest BCUT2D eigenvalue weighted by atomic mass is 35.5. The van der Waals surface area contributed by atoms with Gasteiger partial charge in [-0.1, -0.05) is 0 Å². The molecule has 0 aliphatic rings. The number of hydrogen-bond acceptors (Lipinski definition) is 5. The molecule has 0 aliphatic heterocycles. The average molecular weight is 179 g/mol. The number of carbonyl (C=O) groups excluding carboxylic acids is 1. The first-order chi connectivity index (χ1) is 4.74. The number of esters is 1. The Labute approximate surface area is 66.0 Å². The quantitative estimate of drug-likeness (QED) is 0.602. The van der Waals surface area contributed by atoms with Crippen LogP contribution >= 0.6 is 23.1 Å². The van der Waals surface area contributed by atoms with E-state index in [1.54, 1.807) is 0 Å². The normalized spacial score (nSPS) is 9.40. The molecular weight excluding hydrogens is 176 g/mol. The van der Waals surface area contributed by atoms with Crippen molar-refractivity contribution in [3.05, 3.63) is 10.3 Å². The van der Waals surface area contributed by atoms with Crippen molar-refractivity contribution in [2.45, 2.75) is 0 Å². The molecule has 10 heavy (non-hydrogen) atoms. The average Bonchev–Trinajstić information content (AvgIpc) is 2.34. The van der Waals surface area contributed by atoms with Crippen molar-refractivity contribution in [1.29, 1.82) is 0 Å². The Balaban J connectivity index is 2.85. The number of hydrogen-bond donors (Lipinski definition) is 0. The molecule has 0 unspecified atom stereocenters. The largest absolute Gasteiger partial charge is 0.463 e. The number of nitrogens with zero attached hydrogens (tertiary/aromatic N) is 2. The SMILES string of the molecule is COC(=O)c1nsc(Cl)n1. The molecule has 0 fully saturated rings. The van der Waals surface area contributed by atoms with E-state index in [4.69, 9.17) is 11.6 Å². The van der Waals surface area contributed by atoms with Gasteiger partial charge in [0.1, 0.15) is 0 Å². The van der Waals surface area contributed by atoms with Gasteiger partial charge in [0.05, 0.1) is 7.11 Å². The van der Waals surface area contributed by atoms with E-state index < -0.39 is 5.97 Å². The van der Waals surface area contributed by atoms with Gasteiger partial charge in [0.2, 0.25) is 4.47 Å². The summed E-state index contributed by atoms with van der Waals surface area (Å²) >= 11 is 6.35. The third-order valence-corrected chi connectivity index (χ3v) is 1.57. The maximum Gasteiger partial charge on any atom is 0.377 e. The summed E-state index contributed by atoms with van der Waals surface area (Å²) in [6.07, 6.45) is 0. The van der Waals surface area contributed by atoms with Crippen molar-refractivity contribution in [3.8, 4) is 0 Å². The number of aromatic nitrogens is 2. The van der Waals surface area contributed by atoms with E-state index in [1.165, 1.54) is 7.11 Å². The first-order valence-electron chi connectivity index (χ1n) is 2.31. The lowest BCUT2D eigenvalue weighted by Crippen LogP contribution is -2.02. The molecule has 1 aromatic heterocycles. The zero-order valence-electron chi connectivity index (χ0n) is 5.00. The minimum atomic E-state index is -0.567. The summed E-state index contributed by atoms with van der Waals surface area (Å²) in [6.45, 7) is 0. The predicted molar refractivity (Wildman–Crippen MR) is 36.3 cm³/mol. The molecule has 4 nitrogen and oxygen atoms in total. The molecule has 6 heteroatoms. The third-order valence-electron chi connectivity index (χ3n) is 0.769. The fourth-order valence-corrected chi connectivity index (χ4v) is 0.967. The van der Waals surface area contributed by atoms with Gasteiger partial charge in [-0.25, -0.2) is 4.79 Å². The highest BCUT2D eigenvalue weighted by Crippen LogP contribution is 2.10. The third kappa shape index (κ3) is 1.43. The first-order valence-corrected chi connectivity index (χ1v) is 3.46. The molecule has 54 valence electrons. The molecular formula is C4H3ClN2O2S. The zero-order valence-corrected chi connectivity index (χ0v) is 6.57. The molecule has 0 N–H and O–H groups in total. The predicted octanol–water partition coefficient (Wildman–Crippen LogP) is 0.978. The number of carbonyl (C=O) groups is 1. The Morgan fingerprint density at radius 3 is 2.90 bits per heavy atom. The van der Waals surface area contributed by atoms with Gasteiger partial charge in [0, 0.05) is 0 Å². The van der Waals surface area contributed by atoms with Gasteiger partial charge < -0.3 is 4.74 Å². The Bertz CT molecular complexity index is 249. The lowest BCUT2D eigenvalue weighted by atomic mass is 10.6. The summed E-state index contributed by atoms with van der Waals surface area (Å²) in [7, 11) is 1.26. The van der Waals surface area contributed by atoms with Crippen molar-refractivity contribution in [2.24, 2.45) is 0 Å². The monoisotopic (exact) mass is 178 g/mol. The molecule has 0 saturated heterocycles. The van der Waals surface area contributed by atoms with Gasteiger partial charge in [-0.2, -0.15) is 9.36 Å². The second-order valence-corrected chi connectivity index (χ2v) is 2.70. The van der Waals surface area contributed by atoms with Crippen LogP contribution in [0.15, 0.2) is 0 Å². The summed E-state index contributed by atoms with van der Waals surface area (Å²) in [5.41, 5.74) is 0. The van der Waals surface area contributed by atoms with Crippen molar-refractivity contribution < 1.29 is 9.53 Å². The molecule has 1 aromatic rings. The molecule has 1 rings (SSSR count). The maximum absolute atomic E-state index is 10.6. The number of rotatable bonds is 1. The van der Waals surface area contributed by atoms with Gasteiger partial charge >= 0.3 is 5.97 Å². The van der Waals surface area contributed by atoms with Gasteiger partial charge in [0.25, 0.3) is 5.82 Å². The summed E-state index contributed by atoms with van der Waals surface area (Å²) in [6, 6.07) is 0. The van der Waals surface area contributed by atoms with Crippen LogP contribution in [0.1, 0.15) is 10.6 Å². The van der Waals surface area contributed by atoms with Gasteiger partial charge in [0.15, 0.2) is 0 Å². The van der Waals surface area contributed by atoms with E-state index in [0.29, 0.717) is 0 Å². The van der Waals surface area contributed by atoms with E-state index >= 15 is 0 Å². The summed E-state index contributed by atoms with van der Waals surface area (Å²) in [4.78, 5) is 14.2. The Morgan fingerprint density at radius 2 is 2.50 bits per heavy atom. The van der Waals surface area contributed by atoms with Gasteiger partial charge in [-0.3, -0.25) is 0 Å². The van der Waals surface area contributed by atoms with Crippen LogP contribution in [0.3, 0.4) is 0 Å². The van der Waals surface area contributed by atoms with Crippen LogP contribution in [0.25, 0.3) is 0 Å². The zero-order chi connectivity index (χ0) is 7.56. The number of ether oxygens (including phenoxy) is 1. The number of halogens is 1. The molecule has 0 amide bonds. The van der Waals surface area contributed by atoms with Crippen LogP contribution < -0.4 is 0 Å². The fourth-order valence-electron chi connectivity index (χ4n) is 0.379. The maximum atomic E-state index is 10.6. The van der Waals surface area contributed by atoms with E-state index in [9.17, 15) is 4.79 Å². The summed E-state index contributed by atoms with van der Waals surface area (Å²) in [5, 5.41) is 0. The lowest BCUT2D eigenvalue weighted by Gasteiger charge is -1.88. The van der Waals surface area contributed by atoms with Gasteiger partial charge in [-0.15, -0.1) is 0 Å². The Morgan fingerprint density at radius 1 is 1.80 bits per heavy atom. The Hall–Kier alpha value is -0.680. The standard InChI is InChI=1S/C4H3ClN2O2S/c1-9-3(8)2-6-4(5)10-7-2/h1H3. The first kappa shape index (κ1) is 7.43.